The molecule has 0 fully saturated rings. The molecule has 0 atom stereocenters. The van der Waals surface area contributed by atoms with Crippen LogP contribution >= 0.6 is 0 Å². The van der Waals surface area contributed by atoms with Gasteiger partial charge < -0.3 is 10.5 Å². The molecule has 216 valence electrons. The van der Waals surface area contributed by atoms with Crippen LogP contribution in [0.3, 0.4) is 0 Å². The lowest BCUT2D eigenvalue weighted by atomic mass is 9.94. The van der Waals surface area contributed by atoms with Crippen molar-refractivity contribution in [3.8, 4) is 5.69 Å². The number of carbonyl (C=O) groups is 1. The summed E-state index contributed by atoms with van der Waals surface area (Å²) < 4.78 is 1.12. The maximum absolute atomic E-state index is 12.0. The van der Waals surface area contributed by atoms with Crippen LogP contribution in [0, 0.1) is 33.6 Å². The van der Waals surface area contributed by atoms with E-state index in [-0.39, 0.29) is 11.6 Å². The van der Waals surface area contributed by atoms with Crippen LogP contribution in [0.5, 0.6) is 0 Å². The zero-order chi connectivity index (χ0) is 30.3. The molecule has 0 spiro atoms. The molecule has 1 heterocycles. The topological polar surface area (TPSA) is 111 Å². The van der Waals surface area contributed by atoms with Crippen LogP contribution in [-0.4, -0.2) is 20.5 Å². The number of nitrogen functional groups attached to an aromatic ring is 1. The standard InChI is InChI=1S/C20H22N4O2.C5H10O.C4H10.C3H8/c1-11-5-6-15(7-12(11)2)10-17-13(3)8-16(9-14(17)4)24-20(26)22-19(25)18(21)23-24;1-3-4-5(2)6;1-4(2)3;1-3-2/h5-9H,10H2,1-4H3,(H2,21,23)(H,22,25,26);3-4H2,1-2H3;4H,1-3H3;3H2,1-2H3. The van der Waals surface area contributed by atoms with Crippen LogP contribution < -0.4 is 17.0 Å². The number of hydrogen-bond donors (Lipinski definition) is 2. The van der Waals surface area contributed by atoms with E-state index < -0.39 is 11.2 Å². The molecule has 3 rings (SSSR count). The number of nitrogens with one attached hydrogen (secondary N) is 1. The van der Waals surface area contributed by atoms with E-state index in [9.17, 15) is 14.4 Å². The van der Waals surface area contributed by atoms with E-state index >= 15 is 0 Å². The van der Waals surface area contributed by atoms with Gasteiger partial charge in [-0.25, -0.2) is 4.79 Å². The van der Waals surface area contributed by atoms with Crippen molar-refractivity contribution in [2.75, 3.05) is 5.73 Å². The molecule has 0 radical (unpaired) electrons. The number of aromatic amines is 1. The molecule has 0 unspecified atom stereocenters. The fraction of sp³-hybridized carbons (Fsp3) is 0.500. The van der Waals surface area contributed by atoms with E-state index in [2.05, 4.69) is 76.7 Å². The fourth-order valence-electron chi connectivity index (χ4n) is 3.43. The average molecular weight is 539 g/mol. The monoisotopic (exact) mass is 538 g/mol. The molecule has 2 aromatic carbocycles. The lowest BCUT2D eigenvalue weighted by molar-refractivity contribution is -0.117. The van der Waals surface area contributed by atoms with E-state index in [4.69, 9.17) is 5.73 Å². The van der Waals surface area contributed by atoms with Gasteiger partial charge in [0.05, 0.1) is 5.69 Å². The summed E-state index contributed by atoms with van der Waals surface area (Å²) >= 11 is 0. The number of ketones is 1. The van der Waals surface area contributed by atoms with Gasteiger partial charge in [-0.3, -0.25) is 9.78 Å². The molecule has 1 aromatic heterocycles. The van der Waals surface area contributed by atoms with E-state index in [0.29, 0.717) is 5.69 Å². The van der Waals surface area contributed by atoms with Crippen LogP contribution in [0.4, 0.5) is 5.82 Å². The number of aryl methyl sites for hydroxylation is 4. The lowest BCUT2D eigenvalue weighted by Gasteiger charge is -2.14. The largest absolute Gasteiger partial charge is 0.378 e. The number of hydrogen-bond acceptors (Lipinski definition) is 5. The summed E-state index contributed by atoms with van der Waals surface area (Å²) in [5.74, 6) is 0.886. The minimum absolute atomic E-state index is 0.237. The molecule has 0 aliphatic carbocycles. The number of rotatable bonds is 5. The third-order valence-electron chi connectivity index (χ3n) is 5.33. The normalized spacial score (nSPS) is 9.95. The number of carbonyl (C=O) groups excluding carboxylic acids is 1. The molecule has 3 aromatic rings. The summed E-state index contributed by atoms with van der Waals surface area (Å²) in [4.78, 5) is 35.7. The summed E-state index contributed by atoms with van der Waals surface area (Å²) in [6.45, 7) is 22.6. The zero-order valence-corrected chi connectivity index (χ0v) is 26.0. The Balaban J connectivity index is 0.000000930. The predicted molar refractivity (Wildman–Crippen MR) is 165 cm³/mol. The lowest BCUT2D eigenvalue weighted by Crippen LogP contribution is -2.33. The van der Waals surface area contributed by atoms with Gasteiger partial charge in [0.1, 0.15) is 5.78 Å². The molecule has 0 aliphatic rings. The Bertz CT molecular complexity index is 1280. The Morgan fingerprint density at radius 1 is 0.923 bits per heavy atom. The van der Waals surface area contributed by atoms with Gasteiger partial charge in [0.15, 0.2) is 0 Å². The highest BCUT2D eigenvalue weighted by Gasteiger charge is 2.11. The van der Waals surface area contributed by atoms with Crippen molar-refractivity contribution in [2.45, 2.75) is 102 Å². The molecule has 0 saturated carbocycles. The Labute approximate surface area is 234 Å². The van der Waals surface area contributed by atoms with Gasteiger partial charge in [0, 0.05) is 6.42 Å². The van der Waals surface area contributed by atoms with Crippen molar-refractivity contribution in [1.82, 2.24) is 14.8 Å². The van der Waals surface area contributed by atoms with Crippen LogP contribution in [0.1, 0.15) is 101 Å². The van der Waals surface area contributed by atoms with Crippen LogP contribution in [0.25, 0.3) is 5.69 Å². The number of nitrogens with zero attached hydrogens (tertiary/aromatic N) is 2. The fourth-order valence-corrected chi connectivity index (χ4v) is 3.43. The summed E-state index contributed by atoms with van der Waals surface area (Å²) in [6, 6.07) is 10.3. The Morgan fingerprint density at radius 3 is 1.85 bits per heavy atom. The first-order valence-corrected chi connectivity index (χ1v) is 13.8. The Morgan fingerprint density at radius 2 is 1.44 bits per heavy atom. The van der Waals surface area contributed by atoms with Crippen molar-refractivity contribution in [3.05, 3.63) is 84.6 Å². The number of anilines is 1. The number of aromatic nitrogens is 3. The first kappa shape index (κ1) is 35.5. The molecule has 7 heteroatoms. The van der Waals surface area contributed by atoms with Gasteiger partial charge in [-0.15, -0.1) is 5.10 Å². The maximum atomic E-state index is 12.0. The average Bonchev–Trinajstić information content (AvgIpc) is 2.81. The van der Waals surface area contributed by atoms with E-state index in [0.717, 1.165) is 41.0 Å². The minimum Gasteiger partial charge on any atom is -0.378 e. The SMILES string of the molecule is CC(C)C.CCC.CCCC(C)=O.Cc1ccc(Cc2c(C)cc(-n3nc(N)c(=O)[nH]c3=O)cc2C)cc1C. The van der Waals surface area contributed by atoms with Crippen LogP contribution in [0.15, 0.2) is 39.9 Å². The van der Waals surface area contributed by atoms with Crippen molar-refractivity contribution in [3.63, 3.8) is 0 Å². The molecule has 39 heavy (non-hydrogen) atoms. The smallest absolute Gasteiger partial charge is 0.349 e. The molecule has 0 bridgehead atoms. The summed E-state index contributed by atoms with van der Waals surface area (Å²) in [5, 5.41) is 3.90. The van der Waals surface area contributed by atoms with Crippen LogP contribution in [0.2, 0.25) is 0 Å². The van der Waals surface area contributed by atoms with Crippen molar-refractivity contribution < 1.29 is 4.79 Å². The zero-order valence-electron chi connectivity index (χ0n) is 26.0. The van der Waals surface area contributed by atoms with Crippen LogP contribution in [-0.2, 0) is 11.2 Å². The van der Waals surface area contributed by atoms with Crippen molar-refractivity contribution in [2.24, 2.45) is 5.92 Å². The van der Waals surface area contributed by atoms with Gasteiger partial charge in [-0.2, -0.15) is 4.68 Å². The molecular formula is C32H50N4O3. The molecule has 7 nitrogen and oxygen atoms in total. The molecule has 0 amide bonds. The Hall–Kier alpha value is -3.48. The van der Waals surface area contributed by atoms with E-state index in [1.165, 1.54) is 28.7 Å². The highest BCUT2D eigenvalue weighted by molar-refractivity contribution is 5.75. The highest BCUT2D eigenvalue weighted by atomic mass is 16.2. The highest BCUT2D eigenvalue weighted by Crippen LogP contribution is 2.22. The van der Waals surface area contributed by atoms with Gasteiger partial charge >= 0.3 is 5.69 Å². The van der Waals surface area contributed by atoms with Gasteiger partial charge in [-0.05, 0) is 98.9 Å². The number of H-pyrrole nitrogens is 1. The second-order valence-corrected chi connectivity index (χ2v) is 10.6. The molecule has 3 N–H and O–H groups in total. The second-order valence-electron chi connectivity index (χ2n) is 10.6. The number of benzene rings is 2. The van der Waals surface area contributed by atoms with Crippen molar-refractivity contribution >= 4 is 11.6 Å². The molecular weight excluding hydrogens is 488 g/mol. The third kappa shape index (κ3) is 13.2. The first-order valence-electron chi connectivity index (χ1n) is 13.8. The predicted octanol–water partition coefficient (Wildman–Crippen LogP) is 6.78. The van der Waals surface area contributed by atoms with Gasteiger partial charge in [-0.1, -0.05) is 66.2 Å². The van der Waals surface area contributed by atoms with Crippen molar-refractivity contribution in [1.29, 1.82) is 0 Å². The molecule has 0 aliphatic heterocycles. The third-order valence-corrected chi connectivity index (χ3v) is 5.33. The minimum atomic E-state index is -0.675. The summed E-state index contributed by atoms with van der Waals surface area (Å²) in [7, 11) is 0. The number of nitrogens with two attached hydrogens (primary N) is 1. The van der Waals surface area contributed by atoms with E-state index in [1.807, 2.05) is 32.9 Å². The quantitative estimate of drug-likeness (QED) is 0.372. The first-order chi connectivity index (χ1) is 18.2. The second kappa shape index (κ2) is 17.9. The van der Waals surface area contributed by atoms with Gasteiger partial charge in [0.25, 0.3) is 5.56 Å². The Kier molecular flexibility index (Phi) is 16.3. The molecule has 0 saturated heterocycles. The van der Waals surface area contributed by atoms with Gasteiger partial charge in [0.2, 0.25) is 5.82 Å². The number of Topliss-reactive ketones (excluding diaryl/α,β-unsaturated/α-hetero) is 1. The summed E-state index contributed by atoms with van der Waals surface area (Å²) in [5.41, 5.74) is 12.0. The maximum Gasteiger partial charge on any atom is 0.349 e. The van der Waals surface area contributed by atoms with E-state index in [1.54, 1.807) is 6.92 Å². The summed E-state index contributed by atoms with van der Waals surface area (Å²) in [6.07, 6.45) is 3.78.